The molecule has 32 heavy (non-hydrogen) atoms. The van der Waals surface area contributed by atoms with Crippen LogP contribution in [0.5, 0.6) is 0 Å². The molecule has 2 saturated heterocycles. The Morgan fingerprint density at radius 1 is 1.06 bits per heavy atom. The van der Waals surface area contributed by atoms with Gasteiger partial charge in [-0.15, -0.1) is 0 Å². The first-order chi connectivity index (χ1) is 15.1. The van der Waals surface area contributed by atoms with Gasteiger partial charge in [-0.1, -0.05) is 42.5 Å². The fraction of sp³-hybridized carbons (Fsp3) is 0.292. The van der Waals surface area contributed by atoms with Crippen LogP contribution in [0.1, 0.15) is 23.6 Å². The molecule has 8 heteroatoms. The van der Waals surface area contributed by atoms with E-state index in [1.807, 2.05) is 30.3 Å². The highest BCUT2D eigenvalue weighted by atomic mass is 19.4. The molecule has 5 nitrogen and oxygen atoms in total. The highest BCUT2D eigenvalue weighted by molar-refractivity contribution is 6.23. The first-order valence-electron chi connectivity index (χ1n) is 10.0. The second-order valence-electron chi connectivity index (χ2n) is 8.54. The largest absolute Gasteiger partial charge is 0.417 e. The van der Waals surface area contributed by atoms with Gasteiger partial charge < -0.3 is 4.74 Å². The van der Waals surface area contributed by atoms with Crippen LogP contribution >= 0.6 is 0 Å². The number of hydrogen-bond donors (Lipinski definition) is 0. The first kappa shape index (κ1) is 20.5. The molecule has 2 bridgehead atoms. The number of hydrogen-bond acceptors (Lipinski definition) is 4. The lowest BCUT2D eigenvalue weighted by atomic mass is 9.70. The van der Waals surface area contributed by atoms with Crippen molar-refractivity contribution in [2.75, 3.05) is 4.90 Å². The molecule has 3 heterocycles. The van der Waals surface area contributed by atoms with Gasteiger partial charge in [-0.25, -0.2) is 4.90 Å². The minimum atomic E-state index is -4.80. The highest BCUT2D eigenvalue weighted by Crippen LogP contribution is 2.58. The molecule has 0 aromatic heterocycles. The molecule has 2 aromatic rings. The van der Waals surface area contributed by atoms with Gasteiger partial charge >= 0.3 is 6.18 Å². The van der Waals surface area contributed by atoms with E-state index in [-0.39, 0.29) is 5.69 Å². The summed E-state index contributed by atoms with van der Waals surface area (Å²) in [7, 11) is 0. The lowest BCUT2D eigenvalue weighted by Crippen LogP contribution is -2.42. The Bertz CT molecular complexity index is 1220. The summed E-state index contributed by atoms with van der Waals surface area (Å²) in [4.78, 5) is 27.7. The summed E-state index contributed by atoms with van der Waals surface area (Å²) in [6.07, 6.45) is -0.871. The second-order valence-corrected chi connectivity index (χ2v) is 8.54. The zero-order valence-electron chi connectivity index (χ0n) is 16.9. The summed E-state index contributed by atoms with van der Waals surface area (Å²) < 4.78 is 46.6. The van der Waals surface area contributed by atoms with Crippen LogP contribution in [0.3, 0.4) is 0 Å². The van der Waals surface area contributed by atoms with Crippen LogP contribution in [-0.2, 0) is 26.9 Å². The lowest BCUT2D eigenvalue weighted by molar-refractivity contribution is -0.138. The maximum atomic E-state index is 13.5. The molecule has 5 rings (SSSR count). The number of ether oxygens (including phenoxy) is 1. The van der Waals surface area contributed by atoms with Crippen LogP contribution in [0.4, 0.5) is 18.9 Å². The summed E-state index contributed by atoms with van der Waals surface area (Å²) in [6, 6.07) is 13.8. The molecule has 0 saturated carbocycles. The molecule has 3 aliphatic rings. The van der Waals surface area contributed by atoms with E-state index >= 15 is 0 Å². The zero-order chi connectivity index (χ0) is 22.9. The smallest absolute Gasteiger partial charge is 0.359 e. The number of carbonyl (C=O) groups excluding carboxylic acids is 2. The van der Waals surface area contributed by atoms with Gasteiger partial charge in [-0.2, -0.15) is 18.4 Å². The van der Waals surface area contributed by atoms with Crippen LogP contribution in [0.2, 0.25) is 0 Å². The number of anilines is 1. The van der Waals surface area contributed by atoms with Crippen molar-refractivity contribution in [2.24, 2.45) is 11.8 Å². The third-order valence-electron chi connectivity index (χ3n) is 6.57. The van der Waals surface area contributed by atoms with E-state index in [9.17, 15) is 22.8 Å². The molecule has 162 valence electrons. The maximum absolute atomic E-state index is 13.5. The van der Waals surface area contributed by atoms with Gasteiger partial charge in [0.1, 0.15) is 5.60 Å². The Labute approximate surface area is 181 Å². The predicted octanol–water partition coefficient (Wildman–Crippen LogP) is 4.02. The first-order valence-corrected chi connectivity index (χ1v) is 10.0. The number of fused-ring (bicyclic) bond motifs is 5. The molecule has 2 fully saturated rings. The van der Waals surface area contributed by atoms with Gasteiger partial charge in [-0.05, 0) is 30.7 Å². The lowest BCUT2D eigenvalue weighted by Gasteiger charge is -2.29. The van der Waals surface area contributed by atoms with E-state index in [0.29, 0.717) is 12.5 Å². The van der Waals surface area contributed by atoms with Crippen molar-refractivity contribution in [3.8, 4) is 6.07 Å². The van der Waals surface area contributed by atoms with Crippen LogP contribution in [-0.4, -0.2) is 23.0 Å². The fourth-order valence-corrected chi connectivity index (χ4v) is 5.24. The Morgan fingerprint density at radius 3 is 2.41 bits per heavy atom. The molecule has 4 atom stereocenters. The molecular weight excluding hydrogens is 421 g/mol. The van der Waals surface area contributed by atoms with Crippen LogP contribution < -0.4 is 4.90 Å². The number of carbonyl (C=O) groups is 2. The highest BCUT2D eigenvalue weighted by Gasteiger charge is 2.72. The van der Waals surface area contributed by atoms with Crippen molar-refractivity contribution in [3.05, 3.63) is 77.4 Å². The molecule has 2 amide bonds. The third-order valence-corrected chi connectivity index (χ3v) is 6.57. The Balaban J connectivity index is 1.57. The maximum Gasteiger partial charge on any atom is 0.417 e. The van der Waals surface area contributed by atoms with Crippen molar-refractivity contribution in [1.29, 1.82) is 5.26 Å². The van der Waals surface area contributed by atoms with Crippen molar-refractivity contribution in [3.63, 3.8) is 0 Å². The SMILES string of the molecule is CC12C=CC(Cc3ccccc3)(O1)[C@@H]1C(=O)N(c3ccc(C#N)c(C(F)(F)F)c3)C(=O)[C@@H]12. The third kappa shape index (κ3) is 2.74. The van der Waals surface area contributed by atoms with Gasteiger partial charge in [0.25, 0.3) is 0 Å². The molecule has 2 aromatic carbocycles. The van der Waals surface area contributed by atoms with Crippen LogP contribution in [0.15, 0.2) is 60.7 Å². The minimum absolute atomic E-state index is 0.196. The van der Waals surface area contributed by atoms with Crippen LogP contribution in [0, 0.1) is 23.2 Å². The standard InChI is InChI=1S/C24H17F3N2O3/c1-22-9-10-23(32-22,12-14-5-3-2-4-6-14)19-18(22)20(30)29(21(19)31)16-8-7-15(13-28)17(11-16)24(25,26)27/h2-11,18-19H,12H2,1H3/t18-,19+,22?,23?/m1/s1. The zero-order valence-corrected chi connectivity index (χ0v) is 16.9. The van der Waals surface area contributed by atoms with E-state index in [1.54, 1.807) is 19.1 Å². The Morgan fingerprint density at radius 2 is 1.75 bits per heavy atom. The molecule has 2 unspecified atom stereocenters. The molecule has 3 aliphatic heterocycles. The van der Waals surface area contributed by atoms with E-state index in [2.05, 4.69) is 0 Å². The summed E-state index contributed by atoms with van der Waals surface area (Å²) in [5.74, 6) is -2.88. The van der Waals surface area contributed by atoms with Gasteiger partial charge in [0, 0.05) is 6.42 Å². The van der Waals surface area contributed by atoms with E-state index in [4.69, 9.17) is 10.00 Å². The minimum Gasteiger partial charge on any atom is -0.359 e. The average Bonchev–Trinajstić information content (AvgIpc) is 3.32. The van der Waals surface area contributed by atoms with E-state index < -0.39 is 52.2 Å². The van der Waals surface area contributed by atoms with Crippen LogP contribution in [0.25, 0.3) is 0 Å². The number of rotatable bonds is 3. The van der Waals surface area contributed by atoms with Gasteiger partial charge in [0.05, 0.1) is 40.3 Å². The van der Waals surface area contributed by atoms with Gasteiger partial charge in [0.2, 0.25) is 11.8 Å². The summed E-state index contributed by atoms with van der Waals surface area (Å²) in [5.41, 5.74) is -3.12. The molecule has 0 N–H and O–H groups in total. The topological polar surface area (TPSA) is 70.4 Å². The summed E-state index contributed by atoms with van der Waals surface area (Å²) in [5, 5.41) is 9.04. The monoisotopic (exact) mass is 438 g/mol. The Hall–Kier alpha value is -3.44. The van der Waals surface area contributed by atoms with Crippen molar-refractivity contribution in [2.45, 2.75) is 30.7 Å². The Kier molecular flexibility index (Phi) is 4.18. The number of nitrogens with zero attached hydrogens (tertiary/aromatic N) is 2. The average molecular weight is 438 g/mol. The number of benzene rings is 2. The number of imide groups is 1. The summed E-state index contributed by atoms with van der Waals surface area (Å²) in [6.45, 7) is 1.72. The quantitative estimate of drug-likeness (QED) is 0.536. The van der Waals surface area contributed by atoms with Crippen molar-refractivity contribution < 1.29 is 27.5 Å². The molecular formula is C24H17F3N2O3. The number of alkyl halides is 3. The second kappa shape index (κ2) is 6.53. The van der Waals surface area contributed by atoms with Crippen molar-refractivity contribution in [1.82, 2.24) is 0 Å². The van der Waals surface area contributed by atoms with Gasteiger partial charge in [0.15, 0.2) is 0 Å². The number of nitriles is 1. The molecule has 0 aliphatic carbocycles. The number of amides is 2. The van der Waals surface area contributed by atoms with E-state index in [0.717, 1.165) is 16.5 Å². The molecule has 0 spiro atoms. The van der Waals surface area contributed by atoms with Gasteiger partial charge in [-0.3, -0.25) is 9.59 Å². The molecule has 0 radical (unpaired) electrons. The fourth-order valence-electron chi connectivity index (χ4n) is 5.24. The number of halogens is 3. The van der Waals surface area contributed by atoms with Crippen molar-refractivity contribution >= 4 is 17.5 Å². The predicted molar refractivity (Wildman–Crippen MR) is 107 cm³/mol. The van der Waals surface area contributed by atoms with E-state index in [1.165, 1.54) is 12.1 Å². The summed E-state index contributed by atoms with van der Waals surface area (Å²) >= 11 is 0. The normalized spacial score (nSPS) is 30.7.